The van der Waals surface area contributed by atoms with E-state index in [2.05, 4.69) is 34.5 Å². The molecule has 2 rings (SSSR count). The number of amides is 1. The molecule has 116 valence electrons. The minimum Gasteiger partial charge on any atom is -0.378 e. The second-order valence-corrected chi connectivity index (χ2v) is 6.18. The number of nitrogens with one attached hydrogen (secondary N) is 2. The van der Waals surface area contributed by atoms with Crippen molar-refractivity contribution in [3.8, 4) is 0 Å². The second-order valence-electron chi connectivity index (χ2n) is 6.18. The Hall–Kier alpha value is -1.55. The van der Waals surface area contributed by atoms with Crippen molar-refractivity contribution in [3.63, 3.8) is 0 Å². The first-order valence-corrected chi connectivity index (χ1v) is 8.01. The Morgan fingerprint density at radius 1 is 1.10 bits per heavy atom. The van der Waals surface area contributed by atoms with Crippen LogP contribution in [-0.4, -0.2) is 39.6 Å². The molecular formula is C17H28N3O+. The minimum atomic E-state index is 0.170. The van der Waals surface area contributed by atoms with E-state index in [0.717, 1.165) is 18.7 Å². The number of hydrogen-bond donors (Lipinski definition) is 2. The molecule has 4 nitrogen and oxygen atoms in total. The number of likely N-dealkylation sites (tertiary alicyclic amines) is 1. The van der Waals surface area contributed by atoms with Gasteiger partial charge in [0.25, 0.3) is 5.91 Å². The van der Waals surface area contributed by atoms with Gasteiger partial charge in [-0.05, 0) is 43.4 Å². The normalized spacial score (nSPS) is 16.3. The maximum absolute atomic E-state index is 12.0. The van der Waals surface area contributed by atoms with Crippen molar-refractivity contribution in [1.29, 1.82) is 0 Å². The predicted octanol–water partition coefficient (Wildman–Crippen LogP) is 0.828. The van der Waals surface area contributed by atoms with Gasteiger partial charge in [-0.3, -0.25) is 4.79 Å². The van der Waals surface area contributed by atoms with Crippen molar-refractivity contribution in [3.05, 3.63) is 29.8 Å². The van der Waals surface area contributed by atoms with Crippen LogP contribution in [-0.2, 0) is 11.3 Å². The average molecular weight is 290 g/mol. The number of carbonyl (C=O) groups excluding carboxylic acids is 1. The Morgan fingerprint density at radius 2 is 1.71 bits per heavy atom. The third-order valence-corrected chi connectivity index (χ3v) is 4.16. The van der Waals surface area contributed by atoms with Crippen molar-refractivity contribution >= 4 is 11.6 Å². The Balaban J connectivity index is 1.75. The molecule has 0 spiro atoms. The Labute approximate surface area is 128 Å². The van der Waals surface area contributed by atoms with E-state index < -0.39 is 0 Å². The largest absolute Gasteiger partial charge is 0.378 e. The molecule has 1 saturated heterocycles. The van der Waals surface area contributed by atoms with Crippen LogP contribution in [0.25, 0.3) is 0 Å². The summed E-state index contributed by atoms with van der Waals surface area (Å²) in [7, 11) is 4.06. The first-order chi connectivity index (χ1) is 10.1. The highest BCUT2D eigenvalue weighted by Crippen LogP contribution is 2.11. The highest BCUT2D eigenvalue weighted by Gasteiger charge is 2.15. The first kappa shape index (κ1) is 15.8. The van der Waals surface area contributed by atoms with Crippen molar-refractivity contribution in [2.75, 3.05) is 38.6 Å². The number of hydrogen-bond acceptors (Lipinski definition) is 2. The van der Waals surface area contributed by atoms with Gasteiger partial charge in [-0.15, -0.1) is 0 Å². The van der Waals surface area contributed by atoms with Crippen LogP contribution in [0.3, 0.4) is 0 Å². The van der Waals surface area contributed by atoms with E-state index in [-0.39, 0.29) is 5.91 Å². The van der Waals surface area contributed by atoms with Gasteiger partial charge in [0.15, 0.2) is 6.54 Å². The van der Waals surface area contributed by atoms with Crippen LogP contribution in [0.1, 0.15) is 31.2 Å². The quantitative estimate of drug-likeness (QED) is 0.843. The van der Waals surface area contributed by atoms with Crippen LogP contribution < -0.4 is 15.1 Å². The molecule has 1 aromatic rings. The molecule has 0 aromatic heterocycles. The van der Waals surface area contributed by atoms with Crippen LogP contribution in [0.15, 0.2) is 24.3 Å². The van der Waals surface area contributed by atoms with Gasteiger partial charge >= 0.3 is 0 Å². The standard InChI is InChI=1S/C17H27N3O/c1-19(2)16-9-7-15(8-10-16)13-18-17(21)14-20-11-5-3-4-6-12-20/h7-10H,3-6,11-14H2,1-2H3,(H,18,21)/p+1. The minimum absolute atomic E-state index is 0.170. The van der Waals surface area contributed by atoms with Crippen molar-refractivity contribution < 1.29 is 9.69 Å². The van der Waals surface area contributed by atoms with Gasteiger partial charge in [0.1, 0.15) is 0 Å². The van der Waals surface area contributed by atoms with Gasteiger partial charge < -0.3 is 15.1 Å². The maximum Gasteiger partial charge on any atom is 0.275 e. The average Bonchev–Trinajstić information content (AvgIpc) is 2.74. The summed E-state index contributed by atoms with van der Waals surface area (Å²) in [6.45, 7) is 3.53. The lowest BCUT2D eigenvalue weighted by atomic mass is 10.2. The summed E-state index contributed by atoms with van der Waals surface area (Å²) < 4.78 is 0. The number of rotatable bonds is 5. The second kappa shape index (κ2) is 8.03. The van der Waals surface area contributed by atoms with E-state index >= 15 is 0 Å². The van der Waals surface area contributed by atoms with Gasteiger partial charge in [0, 0.05) is 26.3 Å². The summed E-state index contributed by atoms with van der Waals surface area (Å²) in [5.74, 6) is 0.170. The monoisotopic (exact) mass is 290 g/mol. The summed E-state index contributed by atoms with van der Waals surface area (Å²) in [6, 6.07) is 8.33. The fourth-order valence-electron chi connectivity index (χ4n) is 2.81. The van der Waals surface area contributed by atoms with E-state index in [4.69, 9.17) is 0 Å². The number of anilines is 1. The first-order valence-electron chi connectivity index (χ1n) is 8.01. The smallest absolute Gasteiger partial charge is 0.275 e. The Bertz CT molecular complexity index is 434. The molecule has 0 aliphatic carbocycles. The lowest BCUT2D eigenvalue weighted by Gasteiger charge is -2.16. The van der Waals surface area contributed by atoms with E-state index in [1.54, 1.807) is 0 Å². The van der Waals surface area contributed by atoms with E-state index in [0.29, 0.717) is 13.1 Å². The molecule has 21 heavy (non-hydrogen) atoms. The fourth-order valence-corrected chi connectivity index (χ4v) is 2.81. The van der Waals surface area contributed by atoms with Gasteiger partial charge in [0.2, 0.25) is 0 Å². The zero-order valence-corrected chi connectivity index (χ0v) is 13.3. The molecular weight excluding hydrogens is 262 g/mol. The SMILES string of the molecule is CN(C)c1ccc(CNC(=O)C[NH+]2CCCCCC2)cc1. The molecule has 0 bridgehead atoms. The molecule has 1 aliphatic rings. The van der Waals surface area contributed by atoms with E-state index in [1.165, 1.54) is 36.3 Å². The van der Waals surface area contributed by atoms with Crippen LogP contribution in [0.4, 0.5) is 5.69 Å². The number of carbonyl (C=O) groups is 1. The maximum atomic E-state index is 12.0. The van der Waals surface area contributed by atoms with E-state index in [1.807, 2.05) is 14.1 Å². The molecule has 0 radical (unpaired) electrons. The third-order valence-electron chi connectivity index (χ3n) is 4.16. The van der Waals surface area contributed by atoms with E-state index in [9.17, 15) is 4.79 Å². The van der Waals surface area contributed by atoms with Gasteiger partial charge in [-0.2, -0.15) is 0 Å². The third kappa shape index (κ3) is 5.38. The Morgan fingerprint density at radius 3 is 2.29 bits per heavy atom. The molecule has 0 unspecified atom stereocenters. The lowest BCUT2D eigenvalue weighted by molar-refractivity contribution is -0.891. The summed E-state index contributed by atoms with van der Waals surface area (Å²) in [6.07, 6.45) is 5.16. The van der Waals surface area contributed by atoms with Gasteiger partial charge in [0.05, 0.1) is 13.1 Å². The fraction of sp³-hybridized carbons (Fsp3) is 0.588. The van der Waals surface area contributed by atoms with Gasteiger partial charge in [-0.1, -0.05) is 12.1 Å². The zero-order chi connectivity index (χ0) is 15.1. The number of quaternary nitrogens is 1. The molecule has 2 N–H and O–H groups in total. The zero-order valence-electron chi connectivity index (χ0n) is 13.3. The molecule has 1 aromatic carbocycles. The number of nitrogens with zero attached hydrogens (tertiary/aromatic N) is 1. The van der Waals surface area contributed by atoms with Crippen LogP contribution >= 0.6 is 0 Å². The summed E-state index contributed by atoms with van der Waals surface area (Å²) in [5.41, 5.74) is 2.33. The van der Waals surface area contributed by atoms with Gasteiger partial charge in [-0.25, -0.2) is 0 Å². The summed E-state index contributed by atoms with van der Waals surface area (Å²) in [4.78, 5) is 15.5. The molecule has 4 heteroatoms. The molecule has 1 aliphatic heterocycles. The van der Waals surface area contributed by atoms with Crippen LogP contribution in [0.5, 0.6) is 0 Å². The highest BCUT2D eigenvalue weighted by molar-refractivity contribution is 5.76. The number of benzene rings is 1. The molecule has 1 fully saturated rings. The highest BCUT2D eigenvalue weighted by atomic mass is 16.2. The van der Waals surface area contributed by atoms with Crippen LogP contribution in [0, 0.1) is 0 Å². The topological polar surface area (TPSA) is 36.8 Å². The van der Waals surface area contributed by atoms with Crippen molar-refractivity contribution in [2.24, 2.45) is 0 Å². The van der Waals surface area contributed by atoms with Crippen molar-refractivity contribution in [1.82, 2.24) is 5.32 Å². The molecule has 1 amide bonds. The Kier molecular flexibility index (Phi) is 6.05. The predicted molar refractivity (Wildman–Crippen MR) is 86.6 cm³/mol. The summed E-state index contributed by atoms with van der Waals surface area (Å²) >= 11 is 0. The van der Waals surface area contributed by atoms with Crippen LogP contribution in [0.2, 0.25) is 0 Å². The molecule has 0 atom stereocenters. The summed E-state index contributed by atoms with van der Waals surface area (Å²) in [5, 5.41) is 3.04. The van der Waals surface area contributed by atoms with Crippen molar-refractivity contribution in [2.45, 2.75) is 32.2 Å². The molecule has 1 heterocycles. The lowest BCUT2D eigenvalue weighted by Crippen LogP contribution is -3.13. The molecule has 0 saturated carbocycles.